The van der Waals surface area contributed by atoms with Crippen molar-refractivity contribution in [3.63, 3.8) is 0 Å². The van der Waals surface area contributed by atoms with Gasteiger partial charge in [-0.25, -0.2) is 9.97 Å². The van der Waals surface area contributed by atoms with Gasteiger partial charge in [0.1, 0.15) is 17.5 Å². The minimum absolute atomic E-state index is 0.573. The summed E-state index contributed by atoms with van der Waals surface area (Å²) in [6.07, 6.45) is 0. The summed E-state index contributed by atoms with van der Waals surface area (Å²) in [7, 11) is 0. The lowest BCUT2D eigenvalue weighted by Crippen LogP contribution is -2.14. The highest BCUT2D eigenvalue weighted by atomic mass is 15.1. The zero-order chi connectivity index (χ0) is 13.7. The summed E-state index contributed by atoms with van der Waals surface area (Å²) in [5.41, 5.74) is 7.70. The summed E-state index contributed by atoms with van der Waals surface area (Å²) < 4.78 is 0. The Balaban J connectivity index is 2.20. The van der Waals surface area contributed by atoms with Crippen LogP contribution in [0.3, 0.4) is 0 Å². The molecule has 0 atom stereocenters. The smallest absolute Gasteiger partial charge is 0.136 e. The van der Waals surface area contributed by atoms with Crippen LogP contribution in [0.1, 0.15) is 11.4 Å². The Labute approximate surface area is 113 Å². The number of benzene rings is 1. The topological polar surface area (TPSA) is 75.9 Å². The maximum Gasteiger partial charge on any atom is 0.136 e. The van der Waals surface area contributed by atoms with Gasteiger partial charge in [-0.1, -0.05) is 18.2 Å². The summed E-state index contributed by atoms with van der Waals surface area (Å²) in [6, 6.07) is 9.98. The first-order chi connectivity index (χ1) is 9.19. The van der Waals surface area contributed by atoms with E-state index in [2.05, 4.69) is 33.6 Å². The Kier molecular flexibility index (Phi) is 4.30. The van der Waals surface area contributed by atoms with E-state index in [1.54, 1.807) is 0 Å². The fourth-order valence-corrected chi connectivity index (χ4v) is 1.77. The van der Waals surface area contributed by atoms with Gasteiger partial charge < -0.3 is 16.4 Å². The van der Waals surface area contributed by atoms with Crippen LogP contribution in [0.15, 0.2) is 30.3 Å². The first kappa shape index (κ1) is 13.3. The number of aromatic nitrogens is 2. The van der Waals surface area contributed by atoms with Gasteiger partial charge in [-0.3, -0.25) is 0 Å². The standard InChI is InChI=1S/C14H19N5/c1-10-5-3-4-6-12(10)19-14-9-13(16-8-7-15)17-11(2)18-14/h3-6,9H,7-8,15H2,1-2H3,(H2,16,17,18,19). The molecule has 0 unspecified atom stereocenters. The van der Waals surface area contributed by atoms with Crippen LogP contribution in [0.2, 0.25) is 0 Å². The van der Waals surface area contributed by atoms with Crippen LogP contribution < -0.4 is 16.4 Å². The average molecular weight is 257 g/mol. The highest BCUT2D eigenvalue weighted by Crippen LogP contribution is 2.20. The fourth-order valence-electron chi connectivity index (χ4n) is 1.77. The molecular weight excluding hydrogens is 238 g/mol. The van der Waals surface area contributed by atoms with E-state index >= 15 is 0 Å². The predicted molar refractivity (Wildman–Crippen MR) is 78.8 cm³/mol. The van der Waals surface area contributed by atoms with E-state index in [-0.39, 0.29) is 0 Å². The fraction of sp³-hybridized carbons (Fsp3) is 0.286. The predicted octanol–water partition coefficient (Wildman–Crippen LogP) is 2.21. The van der Waals surface area contributed by atoms with Gasteiger partial charge in [-0.05, 0) is 25.5 Å². The molecule has 1 aromatic heterocycles. The van der Waals surface area contributed by atoms with E-state index in [1.807, 2.05) is 31.2 Å². The molecule has 2 rings (SSSR count). The molecule has 1 aromatic carbocycles. The normalized spacial score (nSPS) is 10.3. The maximum absolute atomic E-state index is 5.47. The van der Waals surface area contributed by atoms with Gasteiger partial charge in [-0.15, -0.1) is 0 Å². The number of nitrogens with zero attached hydrogens (tertiary/aromatic N) is 2. The van der Waals surface area contributed by atoms with Crippen molar-refractivity contribution in [2.75, 3.05) is 23.7 Å². The summed E-state index contributed by atoms with van der Waals surface area (Å²) in [5, 5.41) is 6.47. The molecule has 100 valence electrons. The number of hydrogen-bond donors (Lipinski definition) is 3. The van der Waals surface area contributed by atoms with Gasteiger partial charge in [0, 0.05) is 24.8 Å². The minimum Gasteiger partial charge on any atom is -0.369 e. The lowest BCUT2D eigenvalue weighted by molar-refractivity contribution is 0.987. The van der Waals surface area contributed by atoms with Crippen molar-refractivity contribution in [3.8, 4) is 0 Å². The largest absolute Gasteiger partial charge is 0.369 e. The number of hydrogen-bond acceptors (Lipinski definition) is 5. The number of anilines is 3. The van der Waals surface area contributed by atoms with Gasteiger partial charge in [0.2, 0.25) is 0 Å². The summed E-state index contributed by atoms with van der Waals surface area (Å²) >= 11 is 0. The summed E-state index contributed by atoms with van der Waals surface area (Å²) in [5.74, 6) is 2.29. The van der Waals surface area contributed by atoms with Crippen molar-refractivity contribution in [1.82, 2.24) is 9.97 Å². The molecule has 0 amide bonds. The molecule has 0 radical (unpaired) electrons. The molecule has 5 heteroatoms. The molecule has 2 aromatic rings. The zero-order valence-corrected chi connectivity index (χ0v) is 11.3. The molecule has 4 N–H and O–H groups in total. The molecule has 0 aliphatic heterocycles. The third-order valence-electron chi connectivity index (χ3n) is 2.70. The molecule has 0 spiro atoms. The molecule has 0 saturated heterocycles. The second-order valence-electron chi connectivity index (χ2n) is 4.34. The molecule has 0 saturated carbocycles. The summed E-state index contributed by atoms with van der Waals surface area (Å²) in [4.78, 5) is 8.70. The van der Waals surface area contributed by atoms with Crippen molar-refractivity contribution in [1.29, 1.82) is 0 Å². The molecule has 1 heterocycles. The van der Waals surface area contributed by atoms with E-state index in [0.29, 0.717) is 13.1 Å². The van der Waals surface area contributed by atoms with E-state index in [9.17, 15) is 0 Å². The number of aryl methyl sites for hydroxylation is 2. The Morgan fingerprint density at radius 1 is 1.11 bits per heavy atom. The molecular formula is C14H19N5. The second-order valence-corrected chi connectivity index (χ2v) is 4.34. The lowest BCUT2D eigenvalue weighted by atomic mass is 10.2. The number of para-hydroxylation sites is 1. The van der Waals surface area contributed by atoms with E-state index in [4.69, 9.17) is 5.73 Å². The maximum atomic E-state index is 5.47. The minimum atomic E-state index is 0.573. The van der Waals surface area contributed by atoms with Crippen LogP contribution in [-0.4, -0.2) is 23.1 Å². The molecule has 5 nitrogen and oxygen atoms in total. The second kappa shape index (κ2) is 6.15. The van der Waals surface area contributed by atoms with Crippen LogP contribution >= 0.6 is 0 Å². The van der Waals surface area contributed by atoms with Gasteiger partial charge in [0.15, 0.2) is 0 Å². The number of nitrogens with two attached hydrogens (primary N) is 1. The molecule has 0 aliphatic rings. The van der Waals surface area contributed by atoms with Crippen LogP contribution in [0.5, 0.6) is 0 Å². The summed E-state index contributed by atoms with van der Waals surface area (Å²) in [6.45, 7) is 5.20. The van der Waals surface area contributed by atoms with Gasteiger partial charge in [0.25, 0.3) is 0 Å². The van der Waals surface area contributed by atoms with Gasteiger partial charge >= 0.3 is 0 Å². The quantitative estimate of drug-likeness (QED) is 0.765. The number of rotatable bonds is 5. The van der Waals surface area contributed by atoms with Crippen molar-refractivity contribution in [3.05, 3.63) is 41.7 Å². The van der Waals surface area contributed by atoms with E-state index in [1.165, 1.54) is 5.56 Å². The Hall–Kier alpha value is -2.14. The van der Waals surface area contributed by atoms with Gasteiger partial charge in [0.05, 0.1) is 0 Å². The van der Waals surface area contributed by atoms with Crippen molar-refractivity contribution < 1.29 is 0 Å². The molecule has 0 aliphatic carbocycles. The van der Waals surface area contributed by atoms with Crippen molar-refractivity contribution in [2.24, 2.45) is 5.73 Å². The lowest BCUT2D eigenvalue weighted by Gasteiger charge is -2.11. The third-order valence-corrected chi connectivity index (χ3v) is 2.70. The molecule has 19 heavy (non-hydrogen) atoms. The Morgan fingerprint density at radius 3 is 2.58 bits per heavy atom. The van der Waals surface area contributed by atoms with Crippen LogP contribution in [0.4, 0.5) is 17.3 Å². The van der Waals surface area contributed by atoms with E-state index < -0.39 is 0 Å². The Morgan fingerprint density at radius 2 is 1.84 bits per heavy atom. The number of nitrogens with one attached hydrogen (secondary N) is 2. The Bertz CT molecular complexity index is 553. The SMILES string of the molecule is Cc1nc(NCCN)cc(Nc2ccccc2C)n1. The highest BCUT2D eigenvalue weighted by molar-refractivity contribution is 5.62. The average Bonchev–Trinajstić information content (AvgIpc) is 2.38. The van der Waals surface area contributed by atoms with Crippen LogP contribution in [-0.2, 0) is 0 Å². The molecule has 0 bridgehead atoms. The van der Waals surface area contributed by atoms with Crippen molar-refractivity contribution >= 4 is 17.3 Å². The van der Waals surface area contributed by atoms with Crippen molar-refractivity contribution in [2.45, 2.75) is 13.8 Å². The van der Waals surface area contributed by atoms with E-state index in [0.717, 1.165) is 23.1 Å². The first-order valence-electron chi connectivity index (χ1n) is 6.31. The first-order valence-corrected chi connectivity index (χ1v) is 6.31. The molecule has 0 fully saturated rings. The van der Waals surface area contributed by atoms with Gasteiger partial charge in [-0.2, -0.15) is 0 Å². The van der Waals surface area contributed by atoms with Crippen LogP contribution in [0.25, 0.3) is 0 Å². The highest BCUT2D eigenvalue weighted by Gasteiger charge is 2.03. The third kappa shape index (κ3) is 3.66. The monoisotopic (exact) mass is 257 g/mol. The van der Waals surface area contributed by atoms with Crippen LogP contribution in [0, 0.1) is 13.8 Å². The zero-order valence-electron chi connectivity index (χ0n) is 11.3.